The average molecular weight is 280 g/mol. The van der Waals surface area contributed by atoms with E-state index in [4.69, 9.17) is 16.3 Å². The van der Waals surface area contributed by atoms with Crippen LogP contribution in [0.1, 0.15) is 32.7 Å². The molecular formula is C15H18ClNO2. The maximum absolute atomic E-state index is 12.1. The minimum atomic E-state index is -0.303. The van der Waals surface area contributed by atoms with Crippen LogP contribution in [0.3, 0.4) is 0 Å². The number of carbonyl (C=O) groups excluding carboxylic acids is 1. The Morgan fingerprint density at radius 1 is 1.37 bits per heavy atom. The first-order valence-electron chi connectivity index (χ1n) is 6.60. The Kier molecular flexibility index (Phi) is 4.48. The molecule has 2 rings (SSSR count). The van der Waals surface area contributed by atoms with Crippen LogP contribution in [-0.4, -0.2) is 17.1 Å². The highest BCUT2D eigenvalue weighted by Gasteiger charge is 2.22. The van der Waals surface area contributed by atoms with E-state index in [0.717, 1.165) is 23.7 Å². The molecule has 1 heterocycles. The van der Waals surface area contributed by atoms with Crippen LogP contribution in [0, 0.1) is 0 Å². The summed E-state index contributed by atoms with van der Waals surface area (Å²) in [6.45, 7) is 4.27. The predicted octanol–water partition coefficient (Wildman–Crippen LogP) is 4.20. The summed E-state index contributed by atoms with van der Waals surface area (Å²) in [4.78, 5) is 12.1. The Bertz CT molecular complexity index is 577. The highest BCUT2D eigenvalue weighted by Crippen LogP contribution is 2.29. The molecule has 4 heteroatoms. The molecule has 3 nitrogen and oxygen atoms in total. The van der Waals surface area contributed by atoms with Crippen LogP contribution < -0.4 is 0 Å². The standard InChI is InChI=1S/C15H18ClNO2/c1-3-6-13(15(18)19-4-2)17-10-9-11-7-5-8-12(16)14(11)17/h5,7-10,13H,3-4,6H2,1-2H3. The van der Waals surface area contributed by atoms with E-state index < -0.39 is 0 Å². The van der Waals surface area contributed by atoms with Crippen molar-refractivity contribution in [3.63, 3.8) is 0 Å². The molecule has 0 saturated carbocycles. The molecule has 0 bridgehead atoms. The van der Waals surface area contributed by atoms with Crippen LogP contribution in [0.15, 0.2) is 30.5 Å². The molecule has 19 heavy (non-hydrogen) atoms. The van der Waals surface area contributed by atoms with Gasteiger partial charge in [0.25, 0.3) is 0 Å². The van der Waals surface area contributed by atoms with Crippen molar-refractivity contribution in [3.8, 4) is 0 Å². The summed E-state index contributed by atoms with van der Waals surface area (Å²) < 4.78 is 7.10. The van der Waals surface area contributed by atoms with Gasteiger partial charge in [0.1, 0.15) is 6.04 Å². The van der Waals surface area contributed by atoms with Gasteiger partial charge in [0.15, 0.2) is 0 Å². The molecule has 102 valence electrons. The van der Waals surface area contributed by atoms with Crippen LogP contribution in [0.5, 0.6) is 0 Å². The number of hydrogen-bond acceptors (Lipinski definition) is 2. The monoisotopic (exact) mass is 279 g/mol. The molecule has 2 aromatic rings. The van der Waals surface area contributed by atoms with Gasteiger partial charge in [-0.2, -0.15) is 0 Å². The minimum absolute atomic E-state index is 0.193. The van der Waals surface area contributed by atoms with E-state index in [1.54, 1.807) is 0 Å². The fourth-order valence-corrected chi connectivity index (χ4v) is 2.60. The topological polar surface area (TPSA) is 31.2 Å². The van der Waals surface area contributed by atoms with E-state index in [-0.39, 0.29) is 12.0 Å². The molecule has 1 atom stereocenters. The van der Waals surface area contributed by atoms with Crippen molar-refractivity contribution in [2.75, 3.05) is 6.61 Å². The summed E-state index contributed by atoms with van der Waals surface area (Å²) in [5.41, 5.74) is 0.899. The van der Waals surface area contributed by atoms with Crippen molar-refractivity contribution in [3.05, 3.63) is 35.5 Å². The molecule has 0 aliphatic carbocycles. The van der Waals surface area contributed by atoms with Crippen LogP contribution in [0.2, 0.25) is 5.02 Å². The highest BCUT2D eigenvalue weighted by molar-refractivity contribution is 6.35. The van der Waals surface area contributed by atoms with Gasteiger partial charge in [-0.15, -0.1) is 0 Å². The molecule has 1 unspecified atom stereocenters. The number of nitrogens with zero attached hydrogens (tertiary/aromatic N) is 1. The Labute approximate surface area is 118 Å². The molecule has 0 aliphatic rings. The van der Waals surface area contributed by atoms with Gasteiger partial charge in [-0.05, 0) is 25.5 Å². The lowest BCUT2D eigenvalue weighted by Crippen LogP contribution is -2.21. The Morgan fingerprint density at radius 2 is 2.16 bits per heavy atom. The zero-order valence-electron chi connectivity index (χ0n) is 11.2. The predicted molar refractivity (Wildman–Crippen MR) is 77.5 cm³/mol. The van der Waals surface area contributed by atoms with Gasteiger partial charge in [0, 0.05) is 11.6 Å². The SMILES string of the molecule is CCCC(C(=O)OCC)n1ccc2cccc(Cl)c21. The third-order valence-corrected chi connectivity index (χ3v) is 3.45. The van der Waals surface area contributed by atoms with E-state index in [1.807, 2.05) is 42.0 Å². The van der Waals surface area contributed by atoms with Crippen LogP contribution in [0.4, 0.5) is 0 Å². The third-order valence-electron chi connectivity index (χ3n) is 3.15. The smallest absolute Gasteiger partial charge is 0.329 e. The summed E-state index contributed by atoms with van der Waals surface area (Å²) in [6, 6.07) is 7.42. The van der Waals surface area contributed by atoms with E-state index >= 15 is 0 Å². The highest BCUT2D eigenvalue weighted by atomic mass is 35.5. The van der Waals surface area contributed by atoms with Crippen molar-refractivity contribution < 1.29 is 9.53 Å². The third kappa shape index (κ3) is 2.76. The Balaban J connectivity index is 2.47. The van der Waals surface area contributed by atoms with E-state index in [9.17, 15) is 4.79 Å². The molecular weight excluding hydrogens is 262 g/mol. The number of fused-ring (bicyclic) bond motifs is 1. The number of para-hydroxylation sites is 1. The second-order valence-electron chi connectivity index (χ2n) is 4.46. The number of rotatable bonds is 5. The van der Waals surface area contributed by atoms with Crippen molar-refractivity contribution >= 4 is 28.5 Å². The second kappa shape index (κ2) is 6.11. The van der Waals surface area contributed by atoms with Crippen molar-refractivity contribution in [1.82, 2.24) is 4.57 Å². The van der Waals surface area contributed by atoms with E-state index in [1.165, 1.54) is 0 Å². The van der Waals surface area contributed by atoms with Gasteiger partial charge in [0.2, 0.25) is 0 Å². The van der Waals surface area contributed by atoms with E-state index in [2.05, 4.69) is 6.92 Å². The number of esters is 1. The summed E-state index contributed by atoms with van der Waals surface area (Å²) in [6.07, 6.45) is 3.56. The quantitative estimate of drug-likeness (QED) is 0.768. The number of carbonyl (C=O) groups is 1. The van der Waals surface area contributed by atoms with Crippen LogP contribution in [-0.2, 0) is 9.53 Å². The Hall–Kier alpha value is -1.48. The van der Waals surface area contributed by atoms with E-state index in [0.29, 0.717) is 11.6 Å². The zero-order valence-corrected chi connectivity index (χ0v) is 12.0. The summed E-state index contributed by atoms with van der Waals surface area (Å²) in [5.74, 6) is -0.193. The van der Waals surface area contributed by atoms with Gasteiger partial charge in [-0.3, -0.25) is 0 Å². The van der Waals surface area contributed by atoms with Gasteiger partial charge < -0.3 is 9.30 Å². The zero-order chi connectivity index (χ0) is 13.8. The number of hydrogen-bond donors (Lipinski definition) is 0. The van der Waals surface area contributed by atoms with Crippen LogP contribution in [0.25, 0.3) is 10.9 Å². The molecule has 0 spiro atoms. The van der Waals surface area contributed by atoms with Gasteiger partial charge in [0.05, 0.1) is 17.1 Å². The molecule has 0 N–H and O–H groups in total. The maximum atomic E-state index is 12.1. The van der Waals surface area contributed by atoms with Crippen molar-refractivity contribution in [2.45, 2.75) is 32.7 Å². The van der Waals surface area contributed by atoms with Gasteiger partial charge >= 0.3 is 5.97 Å². The number of halogens is 1. The molecule has 0 saturated heterocycles. The van der Waals surface area contributed by atoms with Crippen molar-refractivity contribution in [2.24, 2.45) is 0 Å². The Morgan fingerprint density at radius 3 is 2.84 bits per heavy atom. The maximum Gasteiger partial charge on any atom is 0.329 e. The molecule has 0 radical (unpaired) electrons. The number of ether oxygens (including phenoxy) is 1. The first kappa shape index (κ1) is 13.9. The lowest BCUT2D eigenvalue weighted by Gasteiger charge is -2.18. The summed E-state index contributed by atoms with van der Waals surface area (Å²) in [5, 5.41) is 1.70. The molecule has 1 aromatic heterocycles. The second-order valence-corrected chi connectivity index (χ2v) is 4.86. The normalized spacial score (nSPS) is 12.6. The van der Waals surface area contributed by atoms with Crippen LogP contribution >= 0.6 is 11.6 Å². The average Bonchev–Trinajstić information content (AvgIpc) is 2.81. The largest absolute Gasteiger partial charge is 0.464 e. The number of benzene rings is 1. The summed E-state index contributed by atoms with van der Waals surface area (Å²) >= 11 is 6.26. The molecule has 1 aromatic carbocycles. The lowest BCUT2D eigenvalue weighted by molar-refractivity contribution is -0.147. The number of aromatic nitrogens is 1. The van der Waals surface area contributed by atoms with Crippen molar-refractivity contribution in [1.29, 1.82) is 0 Å². The summed E-state index contributed by atoms with van der Waals surface area (Å²) in [7, 11) is 0. The molecule has 0 aliphatic heterocycles. The fraction of sp³-hybridized carbons (Fsp3) is 0.400. The fourth-order valence-electron chi connectivity index (χ4n) is 2.32. The molecule has 0 amide bonds. The molecule has 0 fully saturated rings. The first-order chi connectivity index (χ1) is 9.19. The van der Waals surface area contributed by atoms with Gasteiger partial charge in [-0.25, -0.2) is 4.79 Å². The minimum Gasteiger partial charge on any atom is -0.464 e. The first-order valence-corrected chi connectivity index (χ1v) is 6.98. The van der Waals surface area contributed by atoms with Gasteiger partial charge in [-0.1, -0.05) is 37.1 Å². The lowest BCUT2D eigenvalue weighted by atomic mass is 10.1.